The van der Waals surface area contributed by atoms with E-state index in [1.807, 2.05) is 0 Å². The second-order valence-corrected chi connectivity index (χ2v) is 2.91. The van der Waals surface area contributed by atoms with Gasteiger partial charge in [0.15, 0.2) is 0 Å². The predicted octanol–water partition coefficient (Wildman–Crippen LogP) is 3.95. The van der Waals surface area contributed by atoms with Gasteiger partial charge in [0.05, 0.1) is 0 Å². The van der Waals surface area contributed by atoms with E-state index in [9.17, 15) is 0 Å². The van der Waals surface area contributed by atoms with Gasteiger partial charge in [0.1, 0.15) is 0 Å². The average Bonchev–Trinajstić information content (AvgIpc) is 2.18. The zero-order valence-corrected chi connectivity index (χ0v) is 7.89. The van der Waals surface area contributed by atoms with Gasteiger partial charge in [-0.15, -0.1) is 0 Å². The molecule has 0 radical (unpaired) electrons. The van der Waals surface area contributed by atoms with Crippen LogP contribution in [-0.4, -0.2) is 0 Å². The second kappa shape index (κ2) is 7.35. The summed E-state index contributed by atoms with van der Waals surface area (Å²) < 4.78 is 0. The number of allylic oxidation sites excluding steroid dienone is 10. The zero-order chi connectivity index (χ0) is 9.19. The highest BCUT2D eigenvalue weighted by Gasteiger charge is 1.75. The Hall–Kier alpha value is -1.30. The first kappa shape index (κ1) is 9.79. The maximum Gasteiger partial charge on any atom is -0.0163 e. The molecular weight excluding hydrogens is 156 g/mol. The minimum Gasteiger partial charge on any atom is -0.0842 e. The van der Waals surface area contributed by atoms with Crippen molar-refractivity contribution in [3.63, 3.8) is 0 Å². The molecule has 0 aromatic carbocycles. The quantitative estimate of drug-likeness (QED) is 0.519. The molecule has 0 nitrogen and oxygen atoms in total. The van der Waals surface area contributed by atoms with Crippen molar-refractivity contribution >= 4 is 0 Å². The van der Waals surface area contributed by atoms with E-state index in [4.69, 9.17) is 0 Å². The third kappa shape index (κ3) is 5.92. The molecule has 0 saturated carbocycles. The van der Waals surface area contributed by atoms with E-state index in [-0.39, 0.29) is 0 Å². The van der Waals surface area contributed by atoms with Crippen molar-refractivity contribution in [2.24, 2.45) is 0 Å². The topological polar surface area (TPSA) is 0 Å². The highest BCUT2D eigenvalue weighted by atomic mass is 13.8. The summed E-state index contributed by atoms with van der Waals surface area (Å²) in [5, 5.41) is 0. The van der Waals surface area contributed by atoms with Gasteiger partial charge in [-0.1, -0.05) is 60.8 Å². The molecule has 0 N–H and O–H groups in total. The van der Waals surface area contributed by atoms with E-state index in [1.54, 1.807) is 0 Å². The molecule has 0 unspecified atom stereocenters. The van der Waals surface area contributed by atoms with E-state index in [2.05, 4.69) is 60.8 Å². The van der Waals surface area contributed by atoms with Gasteiger partial charge >= 0.3 is 0 Å². The molecule has 13 heavy (non-hydrogen) atoms. The summed E-state index contributed by atoms with van der Waals surface area (Å²) in [5.41, 5.74) is 0. The maximum absolute atomic E-state index is 2.20. The molecule has 0 spiro atoms. The molecule has 0 heterocycles. The summed E-state index contributed by atoms with van der Waals surface area (Å²) in [4.78, 5) is 0. The molecule has 0 atom stereocenters. The largest absolute Gasteiger partial charge is 0.0842 e. The Morgan fingerprint density at radius 3 is 1.62 bits per heavy atom. The summed E-state index contributed by atoms with van der Waals surface area (Å²) >= 11 is 0. The van der Waals surface area contributed by atoms with Crippen molar-refractivity contribution in [1.29, 1.82) is 0 Å². The number of hydrogen-bond acceptors (Lipinski definition) is 0. The van der Waals surface area contributed by atoms with Crippen LogP contribution in [0.3, 0.4) is 0 Å². The molecule has 0 aliphatic heterocycles. The molecular formula is C13H16. The fourth-order valence-corrected chi connectivity index (χ4v) is 1.06. The van der Waals surface area contributed by atoms with Gasteiger partial charge in [0.25, 0.3) is 0 Å². The molecule has 0 amide bonds. The lowest BCUT2D eigenvalue weighted by Crippen LogP contribution is -1.62. The molecule has 0 saturated heterocycles. The van der Waals surface area contributed by atoms with E-state index < -0.39 is 0 Å². The highest BCUT2D eigenvalue weighted by molar-refractivity contribution is 5.13. The normalized spacial score (nSPS) is 27.7. The summed E-state index contributed by atoms with van der Waals surface area (Å²) in [6.07, 6.45) is 24.5. The molecule has 0 heteroatoms. The van der Waals surface area contributed by atoms with E-state index in [1.165, 1.54) is 0 Å². The zero-order valence-electron chi connectivity index (χ0n) is 7.89. The molecule has 68 valence electrons. The van der Waals surface area contributed by atoms with Crippen molar-refractivity contribution in [2.75, 3.05) is 0 Å². The Labute approximate surface area is 80.7 Å². The van der Waals surface area contributed by atoms with Gasteiger partial charge in [0.2, 0.25) is 0 Å². The number of rotatable bonds is 0. The first-order chi connectivity index (χ1) is 6.50. The first-order valence-electron chi connectivity index (χ1n) is 4.80. The Morgan fingerprint density at radius 1 is 0.462 bits per heavy atom. The van der Waals surface area contributed by atoms with Crippen LogP contribution in [0.5, 0.6) is 0 Å². The Balaban J connectivity index is 2.49. The minimum atomic E-state index is 1.01. The minimum absolute atomic E-state index is 1.01. The van der Waals surface area contributed by atoms with Gasteiger partial charge in [-0.2, -0.15) is 0 Å². The van der Waals surface area contributed by atoms with Crippen molar-refractivity contribution in [3.8, 4) is 0 Å². The first-order valence-corrected chi connectivity index (χ1v) is 4.80. The summed E-state index contributed by atoms with van der Waals surface area (Å²) in [5.74, 6) is 0. The molecule has 0 aromatic rings. The Kier molecular flexibility index (Phi) is 5.54. The lowest BCUT2D eigenvalue weighted by Gasteiger charge is -1.83. The van der Waals surface area contributed by atoms with Gasteiger partial charge in [-0.05, 0) is 19.3 Å². The van der Waals surface area contributed by atoms with Crippen LogP contribution in [0.15, 0.2) is 60.8 Å². The van der Waals surface area contributed by atoms with Crippen LogP contribution in [0.25, 0.3) is 0 Å². The average molecular weight is 172 g/mol. The summed E-state index contributed by atoms with van der Waals surface area (Å²) in [7, 11) is 0. The smallest absolute Gasteiger partial charge is 0.0163 e. The summed E-state index contributed by atoms with van der Waals surface area (Å²) in [6.45, 7) is 0. The van der Waals surface area contributed by atoms with Crippen LogP contribution in [0.2, 0.25) is 0 Å². The monoisotopic (exact) mass is 172 g/mol. The Bertz CT molecular complexity index is 249. The van der Waals surface area contributed by atoms with E-state index >= 15 is 0 Å². The van der Waals surface area contributed by atoms with E-state index in [0.717, 1.165) is 19.3 Å². The number of hydrogen-bond donors (Lipinski definition) is 0. The highest BCUT2D eigenvalue weighted by Crippen LogP contribution is 1.96. The third-order valence-corrected chi connectivity index (χ3v) is 1.76. The molecule has 0 bridgehead atoms. The van der Waals surface area contributed by atoms with Crippen molar-refractivity contribution in [3.05, 3.63) is 60.8 Å². The lowest BCUT2D eigenvalue weighted by molar-refractivity contribution is 1.05. The summed E-state index contributed by atoms with van der Waals surface area (Å²) in [6, 6.07) is 0. The van der Waals surface area contributed by atoms with Gasteiger partial charge < -0.3 is 0 Å². The van der Waals surface area contributed by atoms with Crippen LogP contribution >= 0.6 is 0 Å². The predicted molar refractivity (Wildman–Crippen MR) is 59.6 cm³/mol. The Morgan fingerprint density at radius 2 is 0.923 bits per heavy atom. The molecule has 1 rings (SSSR count). The SMILES string of the molecule is C1=CC/C=C/C=C\CC/C=C/C=C\1. The van der Waals surface area contributed by atoms with Gasteiger partial charge in [-0.3, -0.25) is 0 Å². The van der Waals surface area contributed by atoms with Crippen LogP contribution in [0.4, 0.5) is 0 Å². The van der Waals surface area contributed by atoms with Gasteiger partial charge in [0, 0.05) is 0 Å². The van der Waals surface area contributed by atoms with Gasteiger partial charge in [-0.25, -0.2) is 0 Å². The molecule has 0 fully saturated rings. The van der Waals surface area contributed by atoms with Crippen LogP contribution < -0.4 is 0 Å². The van der Waals surface area contributed by atoms with Crippen molar-refractivity contribution in [2.45, 2.75) is 19.3 Å². The van der Waals surface area contributed by atoms with Crippen LogP contribution in [0.1, 0.15) is 19.3 Å². The molecule has 1 aliphatic rings. The van der Waals surface area contributed by atoms with Crippen LogP contribution in [0, 0.1) is 0 Å². The van der Waals surface area contributed by atoms with Crippen molar-refractivity contribution < 1.29 is 0 Å². The fraction of sp³-hybridized carbons (Fsp3) is 0.231. The van der Waals surface area contributed by atoms with Crippen LogP contribution in [-0.2, 0) is 0 Å². The molecule has 0 aromatic heterocycles. The lowest BCUT2D eigenvalue weighted by atomic mass is 10.2. The van der Waals surface area contributed by atoms with E-state index in [0.29, 0.717) is 0 Å². The standard InChI is InChI=1S/C13H16/c1-2-4-6-8-10-12-13-11-9-7-5-3-1/h1-6,9,11-13H,7-8,10H2/b2-1-,5-3?,6-4+,11-9+,13-12-. The molecule has 1 aliphatic carbocycles. The maximum atomic E-state index is 2.20. The van der Waals surface area contributed by atoms with Crippen molar-refractivity contribution in [1.82, 2.24) is 0 Å². The second-order valence-electron chi connectivity index (χ2n) is 2.91. The fourth-order valence-electron chi connectivity index (χ4n) is 1.06. The third-order valence-electron chi connectivity index (χ3n) is 1.76.